The summed E-state index contributed by atoms with van der Waals surface area (Å²) in [7, 11) is 0. The topological polar surface area (TPSA) is 127 Å². The lowest BCUT2D eigenvalue weighted by Gasteiger charge is -2.24. The molecule has 2 atom stereocenters. The van der Waals surface area contributed by atoms with Gasteiger partial charge in [0, 0.05) is 11.5 Å². The van der Waals surface area contributed by atoms with E-state index in [0.717, 1.165) is 6.07 Å². The Labute approximate surface area is 131 Å². The van der Waals surface area contributed by atoms with Gasteiger partial charge in [-0.3, -0.25) is 20.2 Å². The van der Waals surface area contributed by atoms with Crippen molar-refractivity contribution in [2.45, 2.75) is 32.0 Å². The van der Waals surface area contributed by atoms with Gasteiger partial charge in [-0.1, -0.05) is 18.2 Å². The van der Waals surface area contributed by atoms with Gasteiger partial charge in [-0.05, 0) is 25.3 Å². The molecular formula is C15H16N2O6. The highest BCUT2D eigenvalue weighted by Gasteiger charge is 2.34. The van der Waals surface area contributed by atoms with Crippen LogP contribution in [0.1, 0.15) is 25.3 Å². The SMILES string of the molecule is CC(O)C(c1c([N+](=O)[O-])cc([N+](=O)[O-])c2ccccc12)C(C)O. The molecule has 0 radical (unpaired) electrons. The van der Waals surface area contributed by atoms with Crippen LogP contribution in [-0.2, 0) is 0 Å². The summed E-state index contributed by atoms with van der Waals surface area (Å²) in [4.78, 5) is 21.2. The van der Waals surface area contributed by atoms with Crippen LogP contribution in [0.3, 0.4) is 0 Å². The highest BCUT2D eigenvalue weighted by Crippen LogP contribution is 2.41. The van der Waals surface area contributed by atoms with Gasteiger partial charge in [0.05, 0.1) is 33.5 Å². The number of hydrogen-bond donors (Lipinski definition) is 2. The van der Waals surface area contributed by atoms with Gasteiger partial charge in [-0.25, -0.2) is 0 Å². The number of aliphatic hydroxyl groups excluding tert-OH is 2. The zero-order valence-electron chi connectivity index (χ0n) is 12.5. The van der Waals surface area contributed by atoms with E-state index in [1.807, 2.05) is 0 Å². The van der Waals surface area contributed by atoms with E-state index >= 15 is 0 Å². The third-order valence-electron chi connectivity index (χ3n) is 3.81. The van der Waals surface area contributed by atoms with Crippen LogP contribution < -0.4 is 0 Å². The first-order valence-corrected chi connectivity index (χ1v) is 6.96. The molecule has 122 valence electrons. The second kappa shape index (κ2) is 6.27. The molecule has 2 rings (SSSR count). The third kappa shape index (κ3) is 2.99. The minimum Gasteiger partial charge on any atom is -0.393 e. The van der Waals surface area contributed by atoms with Crippen molar-refractivity contribution in [2.24, 2.45) is 0 Å². The molecule has 0 aromatic heterocycles. The van der Waals surface area contributed by atoms with E-state index in [2.05, 4.69) is 0 Å². The van der Waals surface area contributed by atoms with E-state index in [4.69, 9.17) is 0 Å². The summed E-state index contributed by atoms with van der Waals surface area (Å²) in [6.45, 7) is 2.83. The van der Waals surface area contributed by atoms with E-state index in [1.165, 1.54) is 26.0 Å². The highest BCUT2D eigenvalue weighted by atomic mass is 16.6. The average Bonchev–Trinajstić information content (AvgIpc) is 2.45. The zero-order valence-corrected chi connectivity index (χ0v) is 12.5. The van der Waals surface area contributed by atoms with Gasteiger partial charge in [0.15, 0.2) is 0 Å². The summed E-state index contributed by atoms with van der Waals surface area (Å²) in [5.74, 6) is -0.943. The van der Waals surface area contributed by atoms with Gasteiger partial charge in [0.2, 0.25) is 0 Å². The van der Waals surface area contributed by atoms with Gasteiger partial charge in [0.1, 0.15) is 0 Å². The van der Waals surface area contributed by atoms with Crippen LogP contribution >= 0.6 is 0 Å². The smallest absolute Gasteiger partial charge is 0.284 e. The molecule has 0 bridgehead atoms. The lowest BCUT2D eigenvalue weighted by Crippen LogP contribution is -2.26. The van der Waals surface area contributed by atoms with E-state index < -0.39 is 33.7 Å². The summed E-state index contributed by atoms with van der Waals surface area (Å²) in [6.07, 6.45) is -2.14. The Morgan fingerprint density at radius 3 is 1.83 bits per heavy atom. The lowest BCUT2D eigenvalue weighted by atomic mass is 9.84. The fraction of sp³-hybridized carbons (Fsp3) is 0.333. The van der Waals surface area contributed by atoms with Gasteiger partial charge in [-0.15, -0.1) is 0 Å². The van der Waals surface area contributed by atoms with Crippen molar-refractivity contribution in [3.8, 4) is 0 Å². The van der Waals surface area contributed by atoms with Crippen LogP contribution in [0.15, 0.2) is 30.3 Å². The molecule has 23 heavy (non-hydrogen) atoms. The third-order valence-corrected chi connectivity index (χ3v) is 3.81. The molecule has 0 amide bonds. The Morgan fingerprint density at radius 1 is 0.913 bits per heavy atom. The molecule has 0 aliphatic carbocycles. The van der Waals surface area contributed by atoms with Gasteiger partial charge < -0.3 is 10.2 Å². The number of benzene rings is 2. The quantitative estimate of drug-likeness (QED) is 0.643. The highest BCUT2D eigenvalue weighted by molar-refractivity contribution is 5.96. The first kappa shape index (κ1) is 16.8. The first-order chi connectivity index (χ1) is 10.8. The van der Waals surface area contributed by atoms with Crippen LogP contribution in [0, 0.1) is 20.2 Å². The van der Waals surface area contributed by atoms with Crippen LogP contribution in [0.5, 0.6) is 0 Å². The van der Waals surface area contributed by atoms with Crippen molar-refractivity contribution in [2.75, 3.05) is 0 Å². The van der Waals surface area contributed by atoms with Gasteiger partial charge in [-0.2, -0.15) is 0 Å². The standard InChI is InChI=1S/C15H16N2O6/c1-8(18)14(9(2)19)15-11-6-4-3-5-10(11)12(16(20)21)7-13(15)17(22)23/h3-9,14,18-19H,1-2H3. The summed E-state index contributed by atoms with van der Waals surface area (Å²) < 4.78 is 0. The number of nitro benzene ring substituents is 2. The van der Waals surface area contributed by atoms with Crippen molar-refractivity contribution in [3.05, 3.63) is 56.1 Å². The maximum absolute atomic E-state index is 11.4. The van der Waals surface area contributed by atoms with E-state index in [0.29, 0.717) is 0 Å². The first-order valence-electron chi connectivity index (χ1n) is 6.96. The second-order valence-electron chi connectivity index (χ2n) is 5.40. The van der Waals surface area contributed by atoms with Crippen molar-refractivity contribution in [1.29, 1.82) is 0 Å². The number of nitrogens with zero attached hydrogens (tertiary/aromatic N) is 2. The Balaban J connectivity index is 2.97. The average molecular weight is 320 g/mol. The van der Waals surface area contributed by atoms with Crippen LogP contribution in [0.25, 0.3) is 10.8 Å². The number of rotatable bonds is 5. The summed E-state index contributed by atoms with van der Waals surface area (Å²) >= 11 is 0. The monoisotopic (exact) mass is 320 g/mol. The number of non-ortho nitro benzene ring substituents is 1. The predicted molar refractivity (Wildman–Crippen MR) is 83.4 cm³/mol. The van der Waals surface area contributed by atoms with Crippen molar-refractivity contribution in [1.82, 2.24) is 0 Å². The minimum absolute atomic E-state index is 0.0983. The molecule has 0 saturated carbocycles. The fourth-order valence-electron chi connectivity index (χ4n) is 2.90. The molecule has 2 N–H and O–H groups in total. The van der Waals surface area contributed by atoms with Gasteiger partial charge >= 0.3 is 0 Å². The second-order valence-corrected chi connectivity index (χ2v) is 5.40. The molecule has 0 fully saturated rings. The maximum atomic E-state index is 11.4. The molecular weight excluding hydrogens is 304 g/mol. The van der Waals surface area contributed by atoms with E-state index in [9.17, 15) is 30.4 Å². The predicted octanol–water partition coefficient (Wildman–Crippen LogP) is 2.50. The Kier molecular flexibility index (Phi) is 4.57. The molecule has 8 nitrogen and oxygen atoms in total. The molecule has 0 heterocycles. The van der Waals surface area contributed by atoms with Crippen LogP contribution in [-0.4, -0.2) is 32.3 Å². The number of aliphatic hydroxyl groups is 2. The number of nitro groups is 2. The number of hydrogen-bond acceptors (Lipinski definition) is 6. The molecule has 0 aliphatic rings. The van der Waals surface area contributed by atoms with Crippen molar-refractivity contribution < 1.29 is 20.1 Å². The van der Waals surface area contributed by atoms with Gasteiger partial charge in [0.25, 0.3) is 11.4 Å². The normalized spacial score (nSPS) is 15.1. The number of fused-ring (bicyclic) bond motifs is 1. The zero-order chi connectivity index (χ0) is 17.3. The Hall–Kier alpha value is -2.58. The molecule has 0 saturated heterocycles. The minimum atomic E-state index is -1.07. The van der Waals surface area contributed by atoms with E-state index in [-0.39, 0.29) is 22.0 Å². The fourth-order valence-corrected chi connectivity index (χ4v) is 2.90. The molecule has 0 spiro atoms. The largest absolute Gasteiger partial charge is 0.393 e. The molecule has 2 aromatic rings. The summed E-state index contributed by atoms with van der Waals surface area (Å²) in [6, 6.07) is 7.07. The van der Waals surface area contributed by atoms with Crippen molar-refractivity contribution >= 4 is 22.1 Å². The Morgan fingerprint density at radius 2 is 1.39 bits per heavy atom. The summed E-state index contributed by atoms with van der Waals surface area (Å²) in [5.41, 5.74) is -0.769. The van der Waals surface area contributed by atoms with Crippen LogP contribution in [0.4, 0.5) is 11.4 Å². The molecule has 2 unspecified atom stereocenters. The molecule has 8 heteroatoms. The van der Waals surface area contributed by atoms with Crippen molar-refractivity contribution in [3.63, 3.8) is 0 Å². The lowest BCUT2D eigenvalue weighted by molar-refractivity contribution is -0.393. The van der Waals surface area contributed by atoms with Crippen LogP contribution in [0.2, 0.25) is 0 Å². The summed E-state index contributed by atoms with van der Waals surface area (Å²) in [5, 5.41) is 43.1. The molecule has 0 aliphatic heterocycles. The van der Waals surface area contributed by atoms with E-state index in [1.54, 1.807) is 12.1 Å². The maximum Gasteiger partial charge on any atom is 0.284 e. The molecule has 2 aromatic carbocycles. The Bertz CT molecular complexity index is 764.